The summed E-state index contributed by atoms with van der Waals surface area (Å²) in [6, 6.07) is 0. The van der Waals surface area contributed by atoms with E-state index in [1.165, 1.54) is 13.8 Å². The van der Waals surface area contributed by atoms with Gasteiger partial charge >= 0.3 is 6.09 Å². The summed E-state index contributed by atoms with van der Waals surface area (Å²) in [5.74, 6) is -0.214. The maximum absolute atomic E-state index is 10.3. The van der Waals surface area contributed by atoms with Crippen LogP contribution in [0.15, 0.2) is 0 Å². The summed E-state index contributed by atoms with van der Waals surface area (Å²) in [5, 5.41) is 0. The van der Waals surface area contributed by atoms with E-state index in [1.807, 2.05) is 0 Å². The lowest BCUT2D eigenvalue weighted by molar-refractivity contribution is -0.124. The SMILES string of the molecule is CC(=O)[C@H](C)OC(N)=O. The summed E-state index contributed by atoms with van der Waals surface area (Å²) in [5.41, 5.74) is 4.62. The molecule has 0 radical (unpaired) electrons. The van der Waals surface area contributed by atoms with Crippen molar-refractivity contribution >= 4 is 11.9 Å². The van der Waals surface area contributed by atoms with Crippen molar-refractivity contribution < 1.29 is 14.3 Å². The van der Waals surface area contributed by atoms with Gasteiger partial charge in [-0.2, -0.15) is 0 Å². The highest BCUT2D eigenvalue weighted by atomic mass is 16.6. The molecule has 0 aliphatic rings. The second-order valence-corrected chi connectivity index (χ2v) is 1.69. The summed E-state index contributed by atoms with van der Waals surface area (Å²) in [7, 11) is 0. The van der Waals surface area contributed by atoms with E-state index in [9.17, 15) is 9.59 Å². The van der Waals surface area contributed by atoms with E-state index >= 15 is 0 Å². The van der Waals surface area contributed by atoms with E-state index in [0.717, 1.165) is 0 Å². The number of carbonyl (C=O) groups excluding carboxylic acids is 2. The first-order valence-electron chi connectivity index (χ1n) is 2.50. The molecule has 1 atom stereocenters. The first-order chi connectivity index (χ1) is 4.04. The third-order valence-electron chi connectivity index (χ3n) is 0.865. The highest BCUT2D eigenvalue weighted by Gasteiger charge is 2.09. The molecule has 2 N–H and O–H groups in total. The molecule has 0 fully saturated rings. The second-order valence-electron chi connectivity index (χ2n) is 1.69. The predicted molar refractivity (Wildman–Crippen MR) is 30.8 cm³/mol. The maximum Gasteiger partial charge on any atom is 0.405 e. The molecule has 0 aromatic carbocycles. The van der Waals surface area contributed by atoms with Crippen LogP contribution in [-0.4, -0.2) is 18.0 Å². The summed E-state index contributed by atoms with van der Waals surface area (Å²) < 4.78 is 4.30. The summed E-state index contributed by atoms with van der Waals surface area (Å²) in [6.45, 7) is 2.79. The van der Waals surface area contributed by atoms with Crippen molar-refractivity contribution in [2.75, 3.05) is 0 Å². The van der Waals surface area contributed by atoms with Crippen LogP contribution >= 0.6 is 0 Å². The van der Waals surface area contributed by atoms with Crippen molar-refractivity contribution in [2.45, 2.75) is 20.0 Å². The molecule has 0 bridgehead atoms. The number of carbonyl (C=O) groups is 2. The van der Waals surface area contributed by atoms with Gasteiger partial charge < -0.3 is 10.5 Å². The lowest BCUT2D eigenvalue weighted by Gasteiger charge is -2.05. The van der Waals surface area contributed by atoms with Crippen molar-refractivity contribution in [1.29, 1.82) is 0 Å². The van der Waals surface area contributed by atoms with Crippen LogP contribution in [0.25, 0.3) is 0 Å². The summed E-state index contributed by atoms with van der Waals surface area (Å²) in [6.07, 6.45) is -1.64. The van der Waals surface area contributed by atoms with Crippen LogP contribution in [0.1, 0.15) is 13.8 Å². The second kappa shape index (κ2) is 3.06. The molecule has 0 heterocycles. The van der Waals surface area contributed by atoms with Crippen molar-refractivity contribution in [3.8, 4) is 0 Å². The van der Waals surface area contributed by atoms with E-state index in [2.05, 4.69) is 10.5 Å². The molecule has 52 valence electrons. The minimum Gasteiger partial charge on any atom is -0.439 e. The van der Waals surface area contributed by atoms with E-state index in [1.54, 1.807) is 0 Å². The zero-order valence-corrected chi connectivity index (χ0v) is 5.38. The number of primary amides is 1. The van der Waals surface area contributed by atoms with E-state index in [0.29, 0.717) is 0 Å². The van der Waals surface area contributed by atoms with Crippen LogP contribution in [0.4, 0.5) is 4.79 Å². The minimum absolute atomic E-state index is 0.214. The zero-order chi connectivity index (χ0) is 7.44. The Morgan fingerprint density at radius 2 is 2.00 bits per heavy atom. The normalized spacial score (nSPS) is 12.2. The van der Waals surface area contributed by atoms with Gasteiger partial charge in [0.1, 0.15) is 0 Å². The van der Waals surface area contributed by atoms with Gasteiger partial charge in [-0.25, -0.2) is 4.79 Å². The molecule has 1 amide bonds. The Bertz CT molecular complexity index is 132. The highest BCUT2D eigenvalue weighted by Crippen LogP contribution is 1.89. The fraction of sp³-hybridized carbons (Fsp3) is 0.600. The van der Waals surface area contributed by atoms with E-state index in [-0.39, 0.29) is 5.78 Å². The van der Waals surface area contributed by atoms with Gasteiger partial charge in [-0.1, -0.05) is 0 Å². The molecule has 0 saturated heterocycles. The van der Waals surface area contributed by atoms with Gasteiger partial charge in [0.15, 0.2) is 11.9 Å². The number of ketones is 1. The molecule has 0 aromatic heterocycles. The topological polar surface area (TPSA) is 69.4 Å². The van der Waals surface area contributed by atoms with Crippen LogP contribution in [0, 0.1) is 0 Å². The van der Waals surface area contributed by atoms with Crippen molar-refractivity contribution in [2.24, 2.45) is 5.73 Å². The number of hydrogen-bond donors (Lipinski definition) is 1. The smallest absolute Gasteiger partial charge is 0.405 e. The molecule has 0 unspecified atom stereocenters. The van der Waals surface area contributed by atoms with Gasteiger partial charge in [-0.15, -0.1) is 0 Å². The van der Waals surface area contributed by atoms with Crippen LogP contribution in [0.2, 0.25) is 0 Å². The molecule has 9 heavy (non-hydrogen) atoms. The lowest BCUT2D eigenvalue weighted by Crippen LogP contribution is -2.25. The molecule has 0 rings (SSSR count). The van der Waals surface area contributed by atoms with Gasteiger partial charge in [0.2, 0.25) is 0 Å². The van der Waals surface area contributed by atoms with Crippen LogP contribution < -0.4 is 5.73 Å². The Morgan fingerprint density at radius 3 is 2.11 bits per heavy atom. The van der Waals surface area contributed by atoms with Crippen LogP contribution in [-0.2, 0) is 9.53 Å². The fourth-order valence-corrected chi connectivity index (χ4v) is 0.257. The number of nitrogens with two attached hydrogens (primary N) is 1. The maximum atomic E-state index is 10.3. The van der Waals surface area contributed by atoms with Gasteiger partial charge in [0, 0.05) is 0 Å². The standard InChI is InChI=1S/C5H9NO3/c1-3(7)4(2)9-5(6)8/h4H,1-2H3,(H2,6,8)/t4-/m0/s1. The van der Waals surface area contributed by atoms with Gasteiger partial charge in [0.05, 0.1) is 0 Å². The monoisotopic (exact) mass is 131 g/mol. The average molecular weight is 131 g/mol. The minimum atomic E-state index is -0.919. The molecular weight excluding hydrogens is 122 g/mol. The lowest BCUT2D eigenvalue weighted by atomic mass is 10.3. The van der Waals surface area contributed by atoms with E-state index < -0.39 is 12.2 Å². The van der Waals surface area contributed by atoms with E-state index in [4.69, 9.17) is 0 Å². The summed E-state index contributed by atoms with van der Waals surface area (Å²) in [4.78, 5) is 20.3. The van der Waals surface area contributed by atoms with Gasteiger partial charge in [0.25, 0.3) is 0 Å². The number of amides is 1. The molecule has 4 nitrogen and oxygen atoms in total. The zero-order valence-electron chi connectivity index (χ0n) is 5.38. The molecule has 0 saturated carbocycles. The quantitative estimate of drug-likeness (QED) is 0.576. The average Bonchev–Trinajstić information content (AvgIpc) is 1.63. The van der Waals surface area contributed by atoms with Gasteiger partial charge in [-0.3, -0.25) is 4.79 Å². The van der Waals surface area contributed by atoms with Crippen molar-refractivity contribution in [3.05, 3.63) is 0 Å². The van der Waals surface area contributed by atoms with Crippen molar-refractivity contribution in [3.63, 3.8) is 0 Å². The number of rotatable bonds is 2. The Hall–Kier alpha value is -1.06. The van der Waals surface area contributed by atoms with Crippen LogP contribution in [0.3, 0.4) is 0 Å². The fourth-order valence-electron chi connectivity index (χ4n) is 0.257. The highest BCUT2D eigenvalue weighted by molar-refractivity contribution is 5.82. The Balaban J connectivity index is 3.63. The van der Waals surface area contributed by atoms with Crippen LogP contribution in [0.5, 0.6) is 0 Å². The molecular formula is C5H9NO3. The Labute approximate surface area is 53.0 Å². The first kappa shape index (κ1) is 7.94. The number of Topliss-reactive ketones (excluding diaryl/α,β-unsaturated/α-hetero) is 1. The Kier molecular flexibility index (Phi) is 2.70. The third kappa shape index (κ3) is 3.52. The Morgan fingerprint density at radius 1 is 1.56 bits per heavy atom. The largest absolute Gasteiger partial charge is 0.439 e. The number of hydrogen-bond acceptors (Lipinski definition) is 3. The van der Waals surface area contributed by atoms with Gasteiger partial charge in [-0.05, 0) is 13.8 Å². The summed E-state index contributed by atoms with van der Waals surface area (Å²) >= 11 is 0. The molecule has 0 aromatic rings. The number of ether oxygens (including phenoxy) is 1. The van der Waals surface area contributed by atoms with Crippen molar-refractivity contribution in [1.82, 2.24) is 0 Å². The molecule has 4 heteroatoms. The predicted octanol–water partition coefficient (Wildman–Crippen LogP) is 0.0592. The third-order valence-corrected chi connectivity index (χ3v) is 0.865. The molecule has 0 aliphatic carbocycles. The molecule has 0 spiro atoms. The molecule has 0 aliphatic heterocycles. The first-order valence-corrected chi connectivity index (χ1v) is 2.50.